The molecule has 1 aromatic rings. The fourth-order valence-corrected chi connectivity index (χ4v) is 0.982. The highest BCUT2D eigenvalue weighted by molar-refractivity contribution is 5.71. The first-order chi connectivity index (χ1) is 6.52. The molecular formula is C9H10F2N2O. The van der Waals surface area contributed by atoms with E-state index in [1.807, 2.05) is 5.32 Å². The molecule has 0 aliphatic rings. The number of nitrogens with one attached hydrogen (secondary N) is 1. The zero-order valence-corrected chi connectivity index (χ0v) is 7.34. The summed E-state index contributed by atoms with van der Waals surface area (Å²) < 4.78 is 26.5. The Bertz CT molecular complexity index is 314. The maximum atomic E-state index is 13.2. The molecule has 0 saturated carbocycles. The van der Waals surface area contributed by atoms with Crippen LogP contribution in [0.5, 0.6) is 0 Å². The fraction of sp³-hybridized carbons (Fsp3) is 0.222. The molecule has 14 heavy (non-hydrogen) atoms. The van der Waals surface area contributed by atoms with Gasteiger partial charge < -0.3 is 11.1 Å². The van der Waals surface area contributed by atoms with Gasteiger partial charge in [-0.3, -0.25) is 0 Å². The molecule has 1 aromatic carbocycles. The molecule has 0 saturated heterocycles. The first-order valence-electron chi connectivity index (χ1n) is 3.99. The number of alkyl halides is 2. The topological polar surface area (TPSA) is 55.1 Å². The van der Waals surface area contributed by atoms with E-state index in [0.717, 1.165) is 0 Å². The van der Waals surface area contributed by atoms with Crippen molar-refractivity contribution in [3.8, 4) is 0 Å². The molecule has 0 bridgehead atoms. The van der Waals surface area contributed by atoms with Gasteiger partial charge in [-0.25, -0.2) is 4.79 Å². The molecule has 0 aliphatic carbocycles. The maximum absolute atomic E-state index is 13.2. The van der Waals surface area contributed by atoms with Crippen LogP contribution in [0.25, 0.3) is 0 Å². The molecule has 3 nitrogen and oxygen atoms in total. The van der Waals surface area contributed by atoms with Gasteiger partial charge >= 0.3 is 6.03 Å². The molecule has 0 aliphatic heterocycles. The highest BCUT2D eigenvalue weighted by atomic mass is 19.3. The Balaban J connectivity index is 2.70. The Kier molecular flexibility index (Phi) is 3.01. The van der Waals surface area contributed by atoms with E-state index in [-0.39, 0.29) is 5.56 Å². The Hall–Kier alpha value is -1.65. The van der Waals surface area contributed by atoms with E-state index >= 15 is 0 Å². The normalized spacial score (nSPS) is 11.0. The number of amides is 2. The second kappa shape index (κ2) is 4.04. The number of halogens is 2. The number of hydrogen-bond acceptors (Lipinski definition) is 1. The molecule has 0 fully saturated rings. The lowest BCUT2D eigenvalue weighted by Crippen LogP contribution is -2.38. The van der Waals surface area contributed by atoms with Crippen LogP contribution in [0.4, 0.5) is 13.6 Å². The van der Waals surface area contributed by atoms with E-state index in [4.69, 9.17) is 5.73 Å². The molecule has 3 N–H and O–H groups in total. The van der Waals surface area contributed by atoms with E-state index < -0.39 is 18.5 Å². The Morgan fingerprint density at radius 2 is 1.93 bits per heavy atom. The summed E-state index contributed by atoms with van der Waals surface area (Å²) in [6.45, 7) is -0.785. The maximum Gasteiger partial charge on any atom is 0.312 e. The number of benzene rings is 1. The second-order valence-electron chi connectivity index (χ2n) is 2.79. The standard InChI is InChI=1S/C9H10F2N2O/c10-9(11,6-13-8(12)14)7-4-2-1-3-5-7/h1-5H,6H2,(H3,12,13,14). The number of hydrogen-bond donors (Lipinski definition) is 2. The lowest BCUT2D eigenvalue weighted by Gasteiger charge is -2.16. The van der Waals surface area contributed by atoms with Crippen LogP contribution in [0.15, 0.2) is 30.3 Å². The van der Waals surface area contributed by atoms with E-state index in [2.05, 4.69) is 0 Å². The predicted octanol–water partition coefficient (Wildman–Crippen LogP) is 1.45. The van der Waals surface area contributed by atoms with E-state index in [9.17, 15) is 13.6 Å². The average Bonchev–Trinajstić information content (AvgIpc) is 2.16. The minimum absolute atomic E-state index is 0.145. The number of rotatable bonds is 3. The summed E-state index contributed by atoms with van der Waals surface area (Å²) in [7, 11) is 0. The van der Waals surface area contributed by atoms with Crippen molar-refractivity contribution < 1.29 is 13.6 Å². The highest BCUT2D eigenvalue weighted by Crippen LogP contribution is 2.26. The van der Waals surface area contributed by atoms with Crippen molar-refractivity contribution in [2.45, 2.75) is 5.92 Å². The highest BCUT2D eigenvalue weighted by Gasteiger charge is 2.31. The van der Waals surface area contributed by atoms with Gasteiger partial charge in [-0.1, -0.05) is 30.3 Å². The van der Waals surface area contributed by atoms with Gasteiger partial charge in [-0.2, -0.15) is 8.78 Å². The third kappa shape index (κ3) is 2.69. The molecule has 1 rings (SSSR count). The molecule has 76 valence electrons. The zero-order valence-electron chi connectivity index (χ0n) is 7.34. The van der Waals surface area contributed by atoms with Gasteiger partial charge in [-0.05, 0) is 0 Å². The third-order valence-corrected chi connectivity index (χ3v) is 1.68. The molecule has 0 atom stereocenters. The van der Waals surface area contributed by atoms with Crippen LogP contribution in [0.3, 0.4) is 0 Å². The molecule has 5 heteroatoms. The number of nitrogens with two attached hydrogens (primary N) is 1. The van der Waals surface area contributed by atoms with E-state index in [1.165, 1.54) is 24.3 Å². The first-order valence-corrected chi connectivity index (χ1v) is 3.99. The SMILES string of the molecule is NC(=O)NCC(F)(F)c1ccccc1. The van der Waals surface area contributed by atoms with Crippen molar-refractivity contribution in [1.82, 2.24) is 5.32 Å². The van der Waals surface area contributed by atoms with Gasteiger partial charge in [0.05, 0.1) is 6.54 Å². The van der Waals surface area contributed by atoms with Crippen LogP contribution in [0, 0.1) is 0 Å². The van der Waals surface area contributed by atoms with Crippen LogP contribution < -0.4 is 11.1 Å². The van der Waals surface area contributed by atoms with Gasteiger partial charge in [0.2, 0.25) is 0 Å². The quantitative estimate of drug-likeness (QED) is 0.762. The summed E-state index contributed by atoms with van der Waals surface area (Å²) in [5.41, 5.74) is 4.55. The van der Waals surface area contributed by atoms with Crippen LogP contribution in [0.2, 0.25) is 0 Å². The van der Waals surface area contributed by atoms with Crippen LogP contribution in [0.1, 0.15) is 5.56 Å². The van der Waals surface area contributed by atoms with Gasteiger partial charge in [0.1, 0.15) is 0 Å². The van der Waals surface area contributed by atoms with E-state index in [1.54, 1.807) is 6.07 Å². The molecule has 0 radical (unpaired) electrons. The fourth-order valence-electron chi connectivity index (χ4n) is 0.982. The number of urea groups is 1. The summed E-state index contributed by atoms with van der Waals surface area (Å²) in [6, 6.07) is 6.29. The van der Waals surface area contributed by atoms with Crippen molar-refractivity contribution in [2.75, 3.05) is 6.54 Å². The zero-order chi connectivity index (χ0) is 10.6. The number of carbonyl (C=O) groups is 1. The van der Waals surface area contributed by atoms with Gasteiger partial charge in [0, 0.05) is 5.56 Å². The monoisotopic (exact) mass is 200 g/mol. The molecule has 0 spiro atoms. The average molecular weight is 200 g/mol. The van der Waals surface area contributed by atoms with Crippen LogP contribution >= 0.6 is 0 Å². The Labute approximate surface area is 79.9 Å². The summed E-state index contributed by atoms with van der Waals surface area (Å²) >= 11 is 0. The Morgan fingerprint density at radius 3 is 2.43 bits per heavy atom. The van der Waals surface area contributed by atoms with Crippen molar-refractivity contribution in [3.05, 3.63) is 35.9 Å². The van der Waals surface area contributed by atoms with Crippen molar-refractivity contribution in [3.63, 3.8) is 0 Å². The molecule has 2 amide bonds. The predicted molar refractivity (Wildman–Crippen MR) is 47.9 cm³/mol. The smallest absolute Gasteiger partial charge is 0.312 e. The largest absolute Gasteiger partial charge is 0.352 e. The summed E-state index contributed by atoms with van der Waals surface area (Å²) in [5, 5.41) is 1.87. The lowest BCUT2D eigenvalue weighted by atomic mass is 10.1. The molecule has 0 unspecified atom stereocenters. The van der Waals surface area contributed by atoms with Crippen molar-refractivity contribution in [2.24, 2.45) is 5.73 Å². The van der Waals surface area contributed by atoms with Crippen molar-refractivity contribution in [1.29, 1.82) is 0 Å². The molecule has 0 aromatic heterocycles. The first kappa shape index (κ1) is 10.4. The van der Waals surface area contributed by atoms with Crippen LogP contribution in [-0.4, -0.2) is 12.6 Å². The minimum Gasteiger partial charge on any atom is -0.352 e. The van der Waals surface area contributed by atoms with Gasteiger partial charge in [0.15, 0.2) is 0 Å². The summed E-state index contributed by atoms with van der Waals surface area (Å²) in [4.78, 5) is 10.3. The van der Waals surface area contributed by atoms with E-state index in [0.29, 0.717) is 0 Å². The Morgan fingerprint density at radius 1 is 1.36 bits per heavy atom. The molecule has 0 heterocycles. The lowest BCUT2D eigenvalue weighted by molar-refractivity contribution is -0.000220. The number of carbonyl (C=O) groups excluding carboxylic acids is 1. The van der Waals surface area contributed by atoms with Crippen LogP contribution in [-0.2, 0) is 5.92 Å². The number of primary amides is 1. The summed E-state index contributed by atoms with van der Waals surface area (Å²) in [6.07, 6.45) is 0. The summed E-state index contributed by atoms with van der Waals surface area (Å²) in [5.74, 6) is -3.09. The third-order valence-electron chi connectivity index (χ3n) is 1.68. The molecular weight excluding hydrogens is 190 g/mol. The van der Waals surface area contributed by atoms with Crippen molar-refractivity contribution >= 4 is 6.03 Å². The van der Waals surface area contributed by atoms with Gasteiger partial charge in [-0.15, -0.1) is 0 Å². The minimum atomic E-state index is -3.09. The van der Waals surface area contributed by atoms with Gasteiger partial charge in [0.25, 0.3) is 5.92 Å². The second-order valence-corrected chi connectivity index (χ2v) is 2.79.